The Labute approximate surface area is 482 Å². The van der Waals surface area contributed by atoms with Crippen LogP contribution in [0.1, 0.15) is 62.1 Å². The highest BCUT2D eigenvalue weighted by atomic mass is 16.7. The smallest absolute Gasteiger partial charge is 0.338 e. The molecule has 0 aromatic heterocycles. The minimum absolute atomic E-state index is 0.0593. The van der Waals surface area contributed by atoms with Crippen molar-refractivity contribution < 1.29 is 114 Å². The van der Waals surface area contributed by atoms with Crippen LogP contribution in [0.4, 0.5) is 0 Å². The molecular weight excluding hydrogens is 1100 g/mol. The number of hydrogen-bond donors (Lipinski definition) is 0. The molecule has 84 heavy (non-hydrogen) atoms. The number of ether oxygens (including phenoxy) is 18. The van der Waals surface area contributed by atoms with E-state index in [1.165, 1.54) is 195 Å². The molecule has 6 aromatic carbocycles. The van der Waals surface area contributed by atoms with Crippen molar-refractivity contribution in [2.75, 3.05) is 98.5 Å². The van der Waals surface area contributed by atoms with Gasteiger partial charge in [0.15, 0.2) is 93.4 Å². The summed E-state index contributed by atoms with van der Waals surface area (Å²) in [6, 6.07) is 24.1. The number of hydrogen-bond acceptors (Lipinski definition) is 24. The summed E-state index contributed by atoms with van der Waals surface area (Å²) in [6.45, 7) is -2.05. The van der Waals surface area contributed by atoms with Gasteiger partial charge in [-0.1, -0.05) is 0 Å². The minimum Gasteiger partial charge on any atom is -0.493 e. The van der Waals surface area contributed by atoms with E-state index in [9.17, 15) is 28.8 Å². The van der Waals surface area contributed by atoms with Crippen molar-refractivity contribution >= 4 is 35.8 Å². The predicted octanol–water partition coefficient (Wildman–Crippen LogP) is 7.71. The molecular formula is C60H62O24. The Bertz CT molecular complexity index is 3080. The van der Waals surface area contributed by atoms with Crippen LogP contribution in [0.15, 0.2) is 109 Å². The molecule has 0 aliphatic rings. The molecule has 0 heterocycles. The van der Waals surface area contributed by atoms with E-state index in [4.69, 9.17) is 85.3 Å². The molecule has 6 aromatic rings. The van der Waals surface area contributed by atoms with Crippen molar-refractivity contribution in [3.8, 4) is 69.0 Å². The molecule has 446 valence electrons. The summed E-state index contributed by atoms with van der Waals surface area (Å²) in [5.41, 5.74) is -1.03. The van der Waals surface area contributed by atoms with Crippen LogP contribution in [0.3, 0.4) is 0 Å². The number of rotatable bonds is 29. The summed E-state index contributed by atoms with van der Waals surface area (Å²) < 4.78 is 102. The van der Waals surface area contributed by atoms with Crippen molar-refractivity contribution in [1.29, 1.82) is 0 Å². The van der Waals surface area contributed by atoms with Gasteiger partial charge in [-0.15, -0.1) is 0 Å². The molecule has 0 aliphatic carbocycles. The molecule has 0 fully saturated rings. The number of benzene rings is 6. The largest absolute Gasteiger partial charge is 0.493 e. The maximum absolute atomic E-state index is 15.0. The van der Waals surface area contributed by atoms with E-state index in [-0.39, 0.29) is 102 Å². The molecule has 4 atom stereocenters. The van der Waals surface area contributed by atoms with Crippen molar-refractivity contribution in [2.24, 2.45) is 0 Å². The summed E-state index contributed by atoms with van der Waals surface area (Å²) in [6.07, 6.45) is -8.71. The zero-order valence-corrected chi connectivity index (χ0v) is 47.9. The second-order valence-electron chi connectivity index (χ2n) is 17.2. The van der Waals surface area contributed by atoms with Gasteiger partial charge < -0.3 is 85.3 Å². The first-order chi connectivity index (χ1) is 40.5. The molecule has 0 radical (unpaired) electrons. The van der Waals surface area contributed by atoms with E-state index >= 15 is 0 Å². The van der Waals surface area contributed by atoms with Crippen molar-refractivity contribution in [1.82, 2.24) is 0 Å². The van der Waals surface area contributed by atoms with E-state index in [1.807, 2.05) is 0 Å². The normalized spacial score (nSPS) is 12.0. The maximum Gasteiger partial charge on any atom is 0.338 e. The lowest BCUT2D eigenvalue weighted by Gasteiger charge is -2.36. The van der Waals surface area contributed by atoms with Gasteiger partial charge in [-0.25, -0.2) is 28.8 Å². The van der Waals surface area contributed by atoms with Crippen LogP contribution in [0.2, 0.25) is 0 Å². The Morgan fingerprint density at radius 3 is 0.619 bits per heavy atom. The first kappa shape index (κ1) is 62.9. The van der Waals surface area contributed by atoms with Gasteiger partial charge in [0.2, 0.25) is 0 Å². The Hall–Kier alpha value is -10.3. The summed E-state index contributed by atoms with van der Waals surface area (Å²) >= 11 is 0. The summed E-state index contributed by atoms with van der Waals surface area (Å²) in [7, 11) is 16.2. The number of methoxy groups -OCH3 is 12. The first-order valence-electron chi connectivity index (χ1n) is 25.1. The van der Waals surface area contributed by atoms with Gasteiger partial charge in [0, 0.05) is 0 Å². The Kier molecular flexibility index (Phi) is 22.5. The number of carbonyl (C=O) groups excluding carboxylic acids is 6. The van der Waals surface area contributed by atoms with Crippen LogP contribution in [-0.4, -0.2) is 159 Å². The predicted molar refractivity (Wildman–Crippen MR) is 295 cm³/mol. The average Bonchev–Trinajstić information content (AvgIpc) is 3.73. The second-order valence-corrected chi connectivity index (χ2v) is 17.2. The fourth-order valence-corrected chi connectivity index (χ4v) is 8.16. The molecule has 24 heteroatoms. The van der Waals surface area contributed by atoms with Gasteiger partial charge >= 0.3 is 35.8 Å². The van der Waals surface area contributed by atoms with E-state index < -0.39 is 73.4 Å². The van der Waals surface area contributed by atoms with E-state index in [0.717, 1.165) is 0 Å². The van der Waals surface area contributed by atoms with Gasteiger partial charge in [0.05, 0.1) is 119 Å². The van der Waals surface area contributed by atoms with Gasteiger partial charge in [0.25, 0.3) is 0 Å². The van der Waals surface area contributed by atoms with Crippen molar-refractivity contribution in [2.45, 2.75) is 24.4 Å². The quantitative estimate of drug-likeness (QED) is 0.0321. The average molecular weight is 1170 g/mol. The zero-order valence-electron chi connectivity index (χ0n) is 47.9. The molecule has 0 N–H and O–H groups in total. The van der Waals surface area contributed by atoms with E-state index in [2.05, 4.69) is 0 Å². The third-order valence-electron chi connectivity index (χ3n) is 12.5. The molecule has 24 nitrogen and oxygen atoms in total. The van der Waals surface area contributed by atoms with Crippen molar-refractivity contribution in [3.05, 3.63) is 143 Å². The highest BCUT2D eigenvalue weighted by Crippen LogP contribution is 2.35. The lowest BCUT2D eigenvalue weighted by Crippen LogP contribution is -2.54. The lowest BCUT2D eigenvalue weighted by molar-refractivity contribution is -0.138. The van der Waals surface area contributed by atoms with Crippen molar-refractivity contribution in [3.63, 3.8) is 0 Å². The zero-order chi connectivity index (χ0) is 61.0. The van der Waals surface area contributed by atoms with Crippen LogP contribution >= 0.6 is 0 Å². The van der Waals surface area contributed by atoms with Crippen LogP contribution in [0, 0.1) is 0 Å². The Morgan fingerprint density at radius 2 is 0.429 bits per heavy atom. The third kappa shape index (κ3) is 15.2. The van der Waals surface area contributed by atoms with E-state index in [0.29, 0.717) is 0 Å². The van der Waals surface area contributed by atoms with Gasteiger partial charge in [-0.2, -0.15) is 0 Å². The Balaban J connectivity index is 1.63. The molecule has 0 spiro atoms. The fourth-order valence-electron chi connectivity index (χ4n) is 8.16. The molecule has 0 amide bonds. The fraction of sp³-hybridized carbons (Fsp3) is 0.300. The second kappa shape index (κ2) is 30.0. The van der Waals surface area contributed by atoms with Crippen LogP contribution in [0.25, 0.3) is 0 Å². The standard InChI is InChI=1S/C60H62O24/c1-67-39-19-13-33(25-45(39)73-7)55(61)79-31-51(81-57(63)35-15-21-41(69-3)47(27-35)75-9)53(83-59(65)37-17-23-43(71-5)49(29-37)77-11)54(84-60(66)38-18-24-44(72-6)50(30-38)78-12)52(82-58(64)36-16-22-42(70-4)48(28-36)76-10)32-80-56(62)34-14-20-40(68-2)46(26-34)74-8/h13-30,51-54H,31-32H2,1-12H3/t51-,52+,53-,54-/m1/s1. The van der Waals surface area contributed by atoms with Crippen LogP contribution < -0.4 is 56.8 Å². The van der Waals surface area contributed by atoms with Gasteiger partial charge in [-0.05, 0) is 109 Å². The SMILES string of the molecule is COc1ccc(C(=O)OC[C@H](OC(=O)c2ccc(OC)c(OC)c2)[C@@H](OC(=O)c2ccc(OC)c(OC)c2)[C@H](OC(=O)c2ccc(OC)c(OC)c2)[C@@H](COC(=O)c2ccc(OC)c(OC)c2)OC(=O)c2ccc(OC)c(OC)c2)cc1OC. The van der Waals surface area contributed by atoms with E-state index in [1.54, 1.807) is 0 Å². The minimum atomic E-state index is -2.26. The molecule has 0 saturated heterocycles. The maximum atomic E-state index is 15.0. The Morgan fingerprint density at radius 1 is 0.250 bits per heavy atom. The molecule has 0 saturated carbocycles. The summed E-state index contributed by atoms with van der Waals surface area (Å²) in [4.78, 5) is 87.8. The number of esters is 6. The molecule has 0 aliphatic heterocycles. The highest BCUT2D eigenvalue weighted by molar-refractivity contribution is 5.94. The molecule has 0 unspecified atom stereocenters. The molecule has 6 rings (SSSR count). The lowest BCUT2D eigenvalue weighted by atomic mass is 10.0. The first-order valence-corrected chi connectivity index (χ1v) is 25.1. The molecule has 0 bridgehead atoms. The topological polar surface area (TPSA) is 269 Å². The van der Waals surface area contributed by atoms with Crippen LogP contribution in [0.5, 0.6) is 69.0 Å². The van der Waals surface area contributed by atoms with Gasteiger partial charge in [-0.3, -0.25) is 0 Å². The van der Waals surface area contributed by atoms with Crippen LogP contribution in [-0.2, 0) is 28.4 Å². The monoisotopic (exact) mass is 1170 g/mol. The summed E-state index contributed by atoms with van der Waals surface area (Å²) in [5, 5.41) is 0. The highest BCUT2D eigenvalue weighted by Gasteiger charge is 2.47. The third-order valence-corrected chi connectivity index (χ3v) is 12.5. The van der Waals surface area contributed by atoms with Gasteiger partial charge in [0.1, 0.15) is 13.2 Å². The number of carbonyl (C=O) groups is 6. The summed E-state index contributed by atoms with van der Waals surface area (Å²) in [5.74, 6) is -4.95.